The maximum atomic E-state index is 12.6. The molecule has 1 atom stereocenters. The SMILES string of the molecule is CCC(OC(=O)c1ccc(-c2ncc[nH]2)cc1)C(=O)Nc1ccc2c(c1)OCCO2. The molecule has 2 N–H and O–H groups in total. The number of hydrogen-bond acceptors (Lipinski definition) is 6. The highest BCUT2D eigenvalue weighted by molar-refractivity contribution is 5.97. The average Bonchev–Trinajstić information content (AvgIpc) is 3.32. The number of anilines is 1. The van der Waals surface area contributed by atoms with Crippen LogP contribution in [0.2, 0.25) is 0 Å². The number of amides is 1. The van der Waals surface area contributed by atoms with Gasteiger partial charge >= 0.3 is 5.97 Å². The zero-order valence-electron chi connectivity index (χ0n) is 16.4. The maximum Gasteiger partial charge on any atom is 0.338 e. The molecular formula is C22H21N3O5. The van der Waals surface area contributed by atoms with Gasteiger partial charge in [-0.3, -0.25) is 4.79 Å². The van der Waals surface area contributed by atoms with E-state index in [4.69, 9.17) is 14.2 Å². The molecule has 2 aromatic carbocycles. The first kappa shape index (κ1) is 19.5. The van der Waals surface area contributed by atoms with Crippen LogP contribution in [0.5, 0.6) is 11.5 Å². The number of nitrogens with zero attached hydrogens (tertiary/aromatic N) is 1. The van der Waals surface area contributed by atoms with E-state index in [1.165, 1.54) is 0 Å². The van der Waals surface area contributed by atoms with Gasteiger partial charge in [-0.15, -0.1) is 0 Å². The summed E-state index contributed by atoms with van der Waals surface area (Å²) in [5, 5.41) is 2.76. The van der Waals surface area contributed by atoms with Crippen LogP contribution in [0.4, 0.5) is 5.69 Å². The van der Waals surface area contributed by atoms with Gasteiger partial charge in [0.05, 0.1) is 5.56 Å². The lowest BCUT2D eigenvalue weighted by atomic mass is 10.1. The number of imidazole rings is 1. The van der Waals surface area contributed by atoms with Crippen molar-refractivity contribution in [3.63, 3.8) is 0 Å². The monoisotopic (exact) mass is 407 g/mol. The van der Waals surface area contributed by atoms with Gasteiger partial charge in [-0.1, -0.05) is 19.1 Å². The molecule has 0 radical (unpaired) electrons. The molecular weight excluding hydrogens is 386 g/mol. The van der Waals surface area contributed by atoms with E-state index >= 15 is 0 Å². The highest BCUT2D eigenvalue weighted by Crippen LogP contribution is 2.32. The highest BCUT2D eigenvalue weighted by Gasteiger charge is 2.23. The maximum absolute atomic E-state index is 12.6. The Bertz CT molecular complexity index is 1030. The minimum absolute atomic E-state index is 0.340. The van der Waals surface area contributed by atoms with Gasteiger partial charge in [0, 0.05) is 29.7 Å². The van der Waals surface area contributed by atoms with Crippen molar-refractivity contribution in [3.05, 3.63) is 60.4 Å². The number of nitrogens with one attached hydrogen (secondary N) is 2. The molecule has 1 unspecified atom stereocenters. The average molecular weight is 407 g/mol. The lowest BCUT2D eigenvalue weighted by Crippen LogP contribution is -2.32. The molecule has 0 spiro atoms. The van der Waals surface area contributed by atoms with E-state index in [0.717, 1.165) is 5.56 Å². The third-order valence-electron chi connectivity index (χ3n) is 4.61. The second kappa shape index (κ2) is 8.69. The van der Waals surface area contributed by atoms with Gasteiger partial charge in [0.2, 0.25) is 0 Å². The summed E-state index contributed by atoms with van der Waals surface area (Å²) in [6.45, 7) is 2.73. The summed E-state index contributed by atoms with van der Waals surface area (Å²) in [4.78, 5) is 32.3. The van der Waals surface area contributed by atoms with Crippen LogP contribution in [0.1, 0.15) is 23.7 Å². The Morgan fingerprint density at radius 1 is 1.13 bits per heavy atom. The van der Waals surface area contributed by atoms with E-state index in [-0.39, 0.29) is 0 Å². The zero-order valence-corrected chi connectivity index (χ0v) is 16.4. The van der Waals surface area contributed by atoms with Crippen LogP contribution in [-0.4, -0.2) is 41.2 Å². The molecule has 154 valence electrons. The minimum atomic E-state index is -0.921. The Morgan fingerprint density at radius 3 is 2.60 bits per heavy atom. The standard InChI is InChI=1S/C22H21N3O5/c1-2-17(21(26)25-16-7-8-18-19(13-16)29-12-11-28-18)30-22(27)15-5-3-14(4-6-15)20-23-9-10-24-20/h3-10,13,17H,2,11-12H2,1H3,(H,23,24)(H,25,26). The third-order valence-corrected chi connectivity index (χ3v) is 4.61. The number of ether oxygens (including phenoxy) is 3. The predicted molar refractivity (Wildman–Crippen MR) is 110 cm³/mol. The Morgan fingerprint density at radius 2 is 1.90 bits per heavy atom. The van der Waals surface area contributed by atoms with Gasteiger partial charge in [-0.2, -0.15) is 0 Å². The van der Waals surface area contributed by atoms with E-state index < -0.39 is 18.0 Å². The van der Waals surface area contributed by atoms with Crippen LogP contribution in [0.15, 0.2) is 54.9 Å². The van der Waals surface area contributed by atoms with E-state index in [1.54, 1.807) is 61.8 Å². The van der Waals surface area contributed by atoms with Crippen molar-refractivity contribution in [2.75, 3.05) is 18.5 Å². The summed E-state index contributed by atoms with van der Waals surface area (Å²) in [5.41, 5.74) is 1.75. The summed E-state index contributed by atoms with van der Waals surface area (Å²) in [6, 6.07) is 12.0. The van der Waals surface area contributed by atoms with E-state index in [2.05, 4.69) is 15.3 Å². The number of fused-ring (bicyclic) bond motifs is 1. The molecule has 0 bridgehead atoms. The van der Waals surface area contributed by atoms with Gasteiger partial charge in [-0.25, -0.2) is 9.78 Å². The lowest BCUT2D eigenvalue weighted by Gasteiger charge is -2.20. The van der Waals surface area contributed by atoms with Crippen molar-refractivity contribution in [2.24, 2.45) is 0 Å². The van der Waals surface area contributed by atoms with Crippen LogP contribution in [0, 0.1) is 0 Å². The largest absolute Gasteiger partial charge is 0.486 e. The van der Waals surface area contributed by atoms with Crippen molar-refractivity contribution in [1.29, 1.82) is 0 Å². The summed E-state index contributed by atoms with van der Waals surface area (Å²) < 4.78 is 16.4. The smallest absolute Gasteiger partial charge is 0.338 e. The number of H-pyrrole nitrogens is 1. The van der Waals surface area contributed by atoms with Crippen molar-refractivity contribution in [1.82, 2.24) is 9.97 Å². The number of rotatable bonds is 6. The van der Waals surface area contributed by atoms with Gasteiger partial charge in [-0.05, 0) is 30.7 Å². The zero-order chi connectivity index (χ0) is 20.9. The Kier molecular flexibility index (Phi) is 5.65. The summed E-state index contributed by atoms with van der Waals surface area (Å²) in [7, 11) is 0. The van der Waals surface area contributed by atoms with Gasteiger partial charge in [0.25, 0.3) is 5.91 Å². The molecule has 1 aliphatic heterocycles. The van der Waals surface area contributed by atoms with Crippen LogP contribution in [0.3, 0.4) is 0 Å². The second-order valence-electron chi connectivity index (χ2n) is 6.67. The Labute approximate surface area is 173 Å². The topological polar surface area (TPSA) is 103 Å². The summed E-state index contributed by atoms with van der Waals surface area (Å²) in [6.07, 6.45) is 2.80. The first-order chi connectivity index (χ1) is 14.6. The molecule has 0 saturated carbocycles. The molecule has 8 nitrogen and oxygen atoms in total. The number of esters is 1. The minimum Gasteiger partial charge on any atom is -0.486 e. The van der Waals surface area contributed by atoms with Crippen LogP contribution >= 0.6 is 0 Å². The molecule has 8 heteroatoms. The van der Waals surface area contributed by atoms with Crippen LogP contribution in [0.25, 0.3) is 11.4 Å². The third kappa shape index (κ3) is 4.27. The van der Waals surface area contributed by atoms with Crippen LogP contribution < -0.4 is 14.8 Å². The number of hydrogen-bond donors (Lipinski definition) is 2. The highest BCUT2D eigenvalue weighted by atomic mass is 16.6. The van der Waals surface area contributed by atoms with Gasteiger partial charge in [0.15, 0.2) is 17.6 Å². The van der Waals surface area contributed by atoms with Gasteiger partial charge < -0.3 is 24.5 Å². The number of benzene rings is 2. The molecule has 3 aromatic rings. The molecule has 30 heavy (non-hydrogen) atoms. The summed E-state index contributed by atoms with van der Waals surface area (Å²) >= 11 is 0. The molecule has 0 saturated heterocycles. The van der Waals surface area contributed by atoms with E-state index in [9.17, 15) is 9.59 Å². The van der Waals surface area contributed by atoms with Crippen molar-refractivity contribution < 1.29 is 23.8 Å². The van der Waals surface area contributed by atoms with E-state index in [0.29, 0.717) is 48.2 Å². The fourth-order valence-electron chi connectivity index (χ4n) is 3.05. The molecule has 1 amide bonds. The fourth-order valence-corrected chi connectivity index (χ4v) is 3.05. The van der Waals surface area contributed by atoms with Crippen molar-refractivity contribution in [3.8, 4) is 22.9 Å². The van der Waals surface area contributed by atoms with Gasteiger partial charge in [0.1, 0.15) is 19.0 Å². The lowest BCUT2D eigenvalue weighted by molar-refractivity contribution is -0.124. The number of carbonyl (C=O) groups excluding carboxylic acids is 2. The first-order valence-electron chi connectivity index (χ1n) is 9.65. The number of carbonyl (C=O) groups is 2. The normalized spacial score (nSPS) is 13.4. The first-order valence-corrected chi connectivity index (χ1v) is 9.65. The molecule has 2 heterocycles. The number of aromatic amines is 1. The molecule has 0 aliphatic carbocycles. The molecule has 1 aromatic heterocycles. The Balaban J connectivity index is 1.39. The van der Waals surface area contributed by atoms with Crippen molar-refractivity contribution in [2.45, 2.75) is 19.4 Å². The van der Waals surface area contributed by atoms with E-state index in [1.807, 2.05) is 0 Å². The molecule has 1 aliphatic rings. The number of aromatic nitrogens is 2. The molecule has 4 rings (SSSR count). The molecule has 0 fully saturated rings. The Hall–Kier alpha value is -3.81. The second-order valence-corrected chi connectivity index (χ2v) is 6.67. The fraction of sp³-hybridized carbons (Fsp3) is 0.227. The predicted octanol–water partition coefficient (Wildman–Crippen LogP) is 3.42. The van der Waals surface area contributed by atoms with Crippen LogP contribution in [-0.2, 0) is 9.53 Å². The van der Waals surface area contributed by atoms with Crippen molar-refractivity contribution >= 4 is 17.6 Å². The quantitative estimate of drug-likeness (QED) is 0.607. The summed E-state index contributed by atoms with van der Waals surface area (Å²) in [5.74, 6) is 0.941.